The third-order valence-electron chi connectivity index (χ3n) is 4.77. The third kappa shape index (κ3) is 6.04. The normalized spacial score (nSPS) is 10.8. The Hall–Kier alpha value is -2.89. The Balaban J connectivity index is 1.67. The number of carbonyl (C=O) groups is 1. The molecule has 0 fully saturated rings. The zero-order valence-electron chi connectivity index (χ0n) is 17.1. The molecule has 0 saturated heterocycles. The van der Waals surface area contributed by atoms with Crippen LogP contribution in [0.2, 0.25) is 0 Å². The lowest BCUT2D eigenvalue weighted by Crippen LogP contribution is -2.22. The predicted molar refractivity (Wildman–Crippen MR) is 120 cm³/mol. The summed E-state index contributed by atoms with van der Waals surface area (Å²) in [5.74, 6) is 0.568. The van der Waals surface area contributed by atoms with Gasteiger partial charge < -0.3 is 20.7 Å². The molecule has 0 saturated carbocycles. The van der Waals surface area contributed by atoms with Crippen molar-refractivity contribution in [1.29, 1.82) is 0 Å². The van der Waals surface area contributed by atoms with E-state index in [9.17, 15) is 4.79 Å². The van der Waals surface area contributed by atoms with E-state index in [2.05, 4.69) is 28.1 Å². The van der Waals surface area contributed by atoms with Gasteiger partial charge in [-0.2, -0.15) is 0 Å². The molecule has 5 nitrogen and oxygen atoms in total. The van der Waals surface area contributed by atoms with Crippen LogP contribution in [0.15, 0.2) is 60.7 Å². The number of benzene rings is 3. The Labute approximate surface area is 172 Å². The molecule has 0 spiro atoms. The molecule has 0 aliphatic carbocycles. The van der Waals surface area contributed by atoms with Gasteiger partial charge in [0.1, 0.15) is 5.75 Å². The van der Waals surface area contributed by atoms with Crippen LogP contribution in [0.25, 0.3) is 10.8 Å². The Morgan fingerprint density at radius 3 is 2.55 bits per heavy atom. The number of amides is 1. The summed E-state index contributed by atoms with van der Waals surface area (Å²) in [4.78, 5) is 12.3. The van der Waals surface area contributed by atoms with E-state index >= 15 is 0 Å². The summed E-state index contributed by atoms with van der Waals surface area (Å²) in [7, 11) is 1.96. The lowest BCUT2D eigenvalue weighted by molar-refractivity contribution is -0.118. The first-order valence-electron chi connectivity index (χ1n) is 10.0. The molecular weight excluding hydrogens is 362 g/mol. The van der Waals surface area contributed by atoms with Gasteiger partial charge in [-0.05, 0) is 62.5 Å². The van der Waals surface area contributed by atoms with Crippen LogP contribution in [0.3, 0.4) is 0 Å². The highest BCUT2D eigenvalue weighted by atomic mass is 16.5. The molecule has 3 aromatic rings. The molecule has 0 radical (unpaired) electrons. The van der Waals surface area contributed by atoms with Crippen LogP contribution >= 0.6 is 0 Å². The quantitative estimate of drug-likeness (QED) is 0.459. The first-order valence-corrected chi connectivity index (χ1v) is 10.0. The average molecular weight is 392 g/mol. The van der Waals surface area contributed by atoms with Gasteiger partial charge in [0.15, 0.2) is 6.61 Å². The summed E-state index contributed by atoms with van der Waals surface area (Å²) in [6.07, 6.45) is 1.05. The van der Waals surface area contributed by atoms with Gasteiger partial charge in [0.05, 0.1) is 0 Å². The largest absolute Gasteiger partial charge is 0.483 e. The van der Waals surface area contributed by atoms with E-state index in [4.69, 9.17) is 4.74 Å². The van der Waals surface area contributed by atoms with E-state index in [1.165, 1.54) is 0 Å². The number of hydrogen-bond donors (Lipinski definition) is 3. The zero-order chi connectivity index (χ0) is 20.5. The fourth-order valence-corrected chi connectivity index (χ4v) is 3.21. The molecule has 0 bridgehead atoms. The second-order valence-electron chi connectivity index (χ2n) is 7.10. The van der Waals surface area contributed by atoms with Crippen molar-refractivity contribution >= 4 is 22.4 Å². The standard InChI is InChI=1S/C24H29N3O2/c1-18-8-11-20(12-9-18)27-24(28)17-29-23-13-10-19-6-3-4-7-21(19)22(23)16-26-15-5-14-25-2/h3-4,6-13,25-26H,5,14-17H2,1-2H3,(H,27,28). The van der Waals surface area contributed by atoms with Crippen LogP contribution in [-0.2, 0) is 11.3 Å². The van der Waals surface area contributed by atoms with E-state index in [0.717, 1.165) is 52.8 Å². The van der Waals surface area contributed by atoms with Gasteiger partial charge in [-0.1, -0.05) is 48.0 Å². The fourth-order valence-electron chi connectivity index (χ4n) is 3.21. The zero-order valence-corrected chi connectivity index (χ0v) is 17.1. The Bertz CT molecular complexity index is 939. The Kier molecular flexibility index (Phi) is 7.61. The van der Waals surface area contributed by atoms with E-state index in [0.29, 0.717) is 6.54 Å². The minimum atomic E-state index is -0.171. The molecule has 0 aliphatic rings. The van der Waals surface area contributed by atoms with Gasteiger partial charge in [0, 0.05) is 17.8 Å². The lowest BCUT2D eigenvalue weighted by Gasteiger charge is -2.15. The minimum Gasteiger partial charge on any atom is -0.483 e. The highest BCUT2D eigenvalue weighted by molar-refractivity contribution is 5.92. The first kappa shape index (κ1) is 20.8. The summed E-state index contributed by atoms with van der Waals surface area (Å²) in [5.41, 5.74) is 3.01. The molecule has 0 heterocycles. The number of hydrogen-bond acceptors (Lipinski definition) is 4. The van der Waals surface area contributed by atoms with Crippen LogP contribution in [0.5, 0.6) is 5.75 Å². The SMILES string of the molecule is CNCCCNCc1c(OCC(=O)Nc2ccc(C)cc2)ccc2ccccc12. The minimum absolute atomic E-state index is 0.0288. The molecule has 0 unspecified atom stereocenters. The summed E-state index contributed by atoms with van der Waals surface area (Å²) in [6, 6.07) is 20.0. The van der Waals surface area contributed by atoms with Crippen LogP contribution in [0, 0.1) is 6.92 Å². The number of nitrogens with one attached hydrogen (secondary N) is 3. The van der Waals surface area contributed by atoms with Crippen molar-refractivity contribution in [3.05, 3.63) is 71.8 Å². The molecule has 0 aliphatic heterocycles. The highest BCUT2D eigenvalue weighted by Gasteiger charge is 2.11. The molecule has 0 aromatic heterocycles. The maximum Gasteiger partial charge on any atom is 0.262 e. The lowest BCUT2D eigenvalue weighted by atomic mass is 10.0. The maximum atomic E-state index is 12.3. The number of carbonyl (C=O) groups excluding carboxylic acids is 1. The molecule has 3 N–H and O–H groups in total. The van der Waals surface area contributed by atoms with E-state index < -0.39 is 0 Å². The van der Waals surface area contributed by atoms with Crippen LogP contribution in [0.4, 0.5) is 5.69 Å². The molecule has 1 amide bonds. The van der Waals surface area contributed by atoms with Crippen molar-refractivity contribution in [2.45, 2.75) is 19.9 Å². The van der Waals surface area contributed by atoms with Gasteiger partial charge in [-0.15, -0.1) is 0 Å². The third-order valence-corrected chi connectivity index (χ3v) is 4.77. The first-order chi connectivity index (χ1) is 14.2. The number of anilines is 1. The van der Waals surface area contributed by atoms with E-state index in [1.54, 1.807) is 0 Å². The topological polar surface area (TPSA) is 62.4 Å². The molecule has 29 heavy (non-hydrogen) atoms. The van der Waals surface area contributed by atoms with Crippen LogP contribution < -0.4 is 20.7 Å². The van der Waals surface area contributed by atoms with E-state index in [1.807, 2.05) is 62.5 Å². The van der Waals surface area contributed by atoms with Crippen molar-refractivity contribution in [3.63, 3.8) is 0 Å². The van der Waals surface area contributed by atoms with Crippen molar-refractivity contribution in [2.24, 2.45) is 0 Å². The average Bonchev–Trinajstić information content (AvgIpc) is 2.74. The van der Waals surface area contributed by atoms with Crippen molar-refractivity contribution < 1.29 is 9.53 Å². The molecule has 5 heteroatoms. The maximum absolute atomic E-state index is 12.3. The van der Waals surface area contributed by atoms with Gasteiger partial charge >= 0.3 is 0 Å². The molecule has 0 atom stereocenters. The molecular formula is C24H29N3O2. The summed E-state index contributed by atoms with van der Waals surface area (Å²) in [5, 5.41) is 11.8. The van der Waals surface area contributed by atoms with Crippen molar-refractivity contribution in [3.8, 4) is 5.75 Å². The van der Waals surface area contributed by atoms with E-state index in [-0.39, 0.29) is 12.5 Å². The smallest absolute Gasteiger partial charge is 0.262 e. The molecule has 152 valence electrons. The molecule has 3 aromatic carbocycles. The Morgan fingerprint density at radius 2 is 1.76 bits per heavy atom. The Morgan fingerprint density at radius 1 is 0.966 bits per heavy atom. The van der Waals surface area contributed by atoms with Crippen molar-refractivity contribution in [2.75, 3.05) is 32.1 Å². The van der Waals surface area contributed by atoms with Gasteiger partial charge in [-0.3, -0.25) is 4.79 Å². The predicted octanol–water partition coefficient (Wildman–Crippen LogP) is 3.86. The fraction of sp³-hybridized carbons (Fsp3) is 0.292. The summed E-state index contributed by atoms with van der Waals surface area (Å²) < 4.78 is 5.92. The second-order valence-corrected chi connectivity index (χ2v) is 7.10. The highest BCUT2D eigenvalue weighted by Crippen LogP contribution is 2.28. The van der Waals surface area contributed by atoms with Crippen molar-refractivity contribution in [1.82, 2.24) is 10.6 Å². The van der Waals surface area contributed by atoms with Crippen LogP contribution in [-0.4, -0.2) is 32.7 Å². The summed E-state index contributed by atoms with van der Waals surface area (Å²) in [6.45, 7) is 4.57. The van der Waals surface area contributed by atoms with Gasteiger partial charge in [0.2, 0.25) is 0 Å². The number of fused-ring (bicyclic) bond motifs is 1. The molecule has 3 rings (SSSR count). The monoisotopic (exact) mass is 391 g/mol. The second kappa shape index (κ2) is 10.6. The van der Waals surface area contributed by atoms with Gasteiger partial charge in [-0.25, -0.2) is 0 Å². The van der Waals surface area contributed by atoms with Crippen LogP contribution in [0.1, 0.15) is 17.5 Å². The number of aryl methyl sites for hydroxylation is 1. The number of ether oxygens (including phenoxy) is 1. The van der Waals surface area contributed by atoms with Gasteiger partial charge in [0.25, 0.3) is 5.91 Å². The number of rotatable bonds is 10. The summed E-state index contributed by atoms with van der Waals surface area (Å²) >= 11 is 0.